The zero-order valence-corrected chi connectivity index (χ0v) is 19.6. The Labute approximate surface area is 194 Å². The standard InChI is InChI=1S/C25H28N2O5S/c1-18(21-9-5-7-20-6-3-4-8-22(20)21)26-25(28)17-19-10-11-23(31-2)24(16-19)33(29,30)27-12-14-32-15-13-27/h3-11,16,18H,12-15,17H2,1-2H3,(H,26,28). The highest BCUT2D eigenvalue weighted by Crippen LogP contribution is 2.29. The molecule has 1 N–H and O–H groups in total. The third-order valence-corrected chi connectivity index (χ3v) is 7.77. The van der Waals surface area contributed by atoms with E-state index in [0.29, 0.717) is 31.9 Å². The van der Waals surface area contributed by atoms with Crippen molar-refractivity contribution in [2.75, 3.05) is 33.4 Å². The summed E-state index contributed by atoms with van der Waals surface area (Å²) in [5.74, 6) is 0.0742. The van der Waals surface area contributed by atoms with Crippen LogP contribution in [0.3, 0.4) is 0 Å². The molecule has 0 spiro atoms. The molecule has 1 fully saturated rings. The topological polar surface area (TPSA) is 84.9 Å². The molecule has 174 valence electrons. The van der Waals surface area contributed by atoms with Crippen LogP contribution in [0.15, 0.2) is 65.6 Å². The van der Waals surface area contributed by atoms with Crippen LogP contribution in [-0.2, 0) is 26.0 Å². The van der Waals surface area contributed by atoms with Crippen LogP contribution in [0.2, 0.25) is 0 Å². The van der Waals surface area contributed by atoms with Gasteiger partial charge in [0, 0.05) is 13.1 Å². The summed E-state index contributed by atoms with van der Waals surface area (Å²) in [7, 11) is -2.32. The second-order valence-electron chi connectivity index (χ2n) is 8.04. The monoisotopic (exact) mass is 468 g/mol. The number of amides is 1. The first-order chi connectivity index (χ1) is 15.9. The molecule has 1 amide bonds. The lowest BCUT2D eigenvalue weighted by Gasteiger charge is -2.26. The van der Waals surface area contributed by atoms with E-state index in [-0.39, 0.29) is 29.0 Å². The van der Waals surface area contributed by atoms with Gasteiger partial charge in [-0.1, -0.05) is 48.5 Å². The van der Waals surface area contributed by atoms with Gasteiger partial charge in [-0.2, -0.15) is 4.31 Å². The van der Waals surface area contributed by atoms with Crippen LogP contribution >= 0.6 is 0 Å². The van der Waals surface area contributed by atoms with E-state index in [2.05, 4.69) is 5.32 Å². The molecule has 7 nitrogen and oxygen atoms in total. The average molecular weight is 469 g/mol. The Morgan fingerprint density at radius 3 is 2.58 bits per heavy atom. The minimum absolute atomic E-state index is 0.0602. The van der Waals surface area contributed by atoms with Gasteiger partial charge in [-0.05, 0) is 41.0 Å². The van der Waals surface area contributed by atoms with Gasteiger partial charge in [-0.15, -0.1) is 0 Å². The molecule has 1 aliphatic heterocycles. The van der Waals surface area contributed by atoms with Crippen molar-refractivity contribution in [2.45, 2.75) is 24.3 Å². The second-order valence-corrected chi connectivity index (χ2v) is 9.94. The van der Waals surface area contributed by atoms with Crippen molar-refractivity contribution in [3.63, 3.8) is 0 Å². The zero-order chi connectivity index (χ0) is 23.4. The highest BCUT2D eigenvalue weighted by Gasteiger charge is 2.29. The number of rotatable bonds is 7. The Morgan fingerprint density at radius 2 is 1.82 bits per heavy atom. The molecular formula is C25H28N2O5S. The number of ether oxygens (including phenoxy) is 2. The molecule has 4 rings (SSSR count). The maximum atomic E-state index is 13.2. The largest absolute Gasteiger partial charge is 0.495 e. The summed E-state index contributed by atoms with van der Waals surface area (Å²) in [6.45, 7) is 3.24. The smallest absolute Gasteiger partial charge is 0.246 e. The van der Waals surface area contributed by atoms with Gasteiger partial charge in [0.1, 0.15) is 10.6 Å². The number of carbonyl (C=O) groups is 1. The SMILES string of the molecule is COc1ccc(CC(=O)NC(C)c2cccc3ccccc23)cc1S(=O)(=O)N1CCOCC1. The molecular weight excluding hydrogens is 440 g/mol. The van der Waals surface area contributed by atoms with Gasteiger partial charge in [0.05, 0.1) is 32.8 Å². The van der Waals surface area contributed by atoms with Crippen molar-refractivity contribution in [1.29, 1.82) is 0 Å². The third-order valence-electron chi connectivity index (χ3n) is 5.85. The van der Waals surface area contributed by atoms with E-state index in [4.69, 9.17) is 9.47 Å². The molecule has 0 aliphatic carbocycles. The van der Waals surface area contributed by atoms with Crippen LogP contribution in [0, 0.1) is 0 Å². The lowest BCUT2D eigenvalue weighted by atomic mass is 9.99. The van der Waals surface area contributed by atoms with Crippen molar-refractivity contribution in [1.82, 2.24) is 9.62 Å². The van der Waals surface area contributed by atoms with Gasteiger partial charge in [-0.25, -0.2) is 8.42 Å². The summed E-state index contributed by atoms with van der Waals surface area (Å²) in [5, 5.41) is 5.25. The zero-order valence-electron chi connectivity index (χ0n) is 18.8. The highest BCUT2D eigenvalue weighted by molar-refractivity contribution is 7.89. The molecule has 33 heavy (non-hydrogen) atoms. The summed E-state index contributed by atoms with van der Waals surface area (Å²) in [4.78, 5) is 12.9. The summed E-state index contributed by atoms with van der Waals surface area (Å²) in [5.41, 5.74) is 1.64. The molecule has 1 heterocycles. The highest BCUT2D eigenvalue weighted by atomic mass is 32.2. The minimum atomic E-state index is -3.76. The Balaban J connectivity index is 1.53. The van der Waals surface area contributed by atoms with E-state index in [1.165, 1.54) is 17.5 Å². The van der Waals surface area contributed by atoms with Crippen molar-refractivity contribution in [3.05, 3.63) is 71.8 Å². The lowest BCUT2D eigenvalue weighted by molar-refractivity contribution is -0.121. The van der Waals surface area contributed by atoms with Gasteiger partial charge < -0.3 is 14.8 Å². The Morgan fingerprint density at radius 1 is 1.09 bits per heavy atom. The van der Waals surface area contributed by atoms with Crippen LogP contribution < -0.4 is 10.1 Å². The molecule has 0 saturated carbocycles. The van der Waals surface area contributed by atoms with Crippen molar-refractivity contribution < 1.29 is 22.7 Å². The number of hydrogen-bond acceptors (Lipinski definition) is 5. The fraction of sp³-hybridized carbons (Fsp3) is 0.320. The van der Waals surface area contributed by atoms with Crippen LogP contribution in [0.5, 0.6) is 5.75 Å². The Kier molecular flexibility index (Phi) is 6.97. The number of benzene rings is 3. The summed E-state index contributed by atoms with van der Waals surface area (Å²) < 4.78 is 38.3. The number of sulfonamides is 1. The molecule has 8 heteroatoms. The number of nitrogens with zero attached hydrogens (tertiary/aromatic N) is 1. The Bertz CT molecular complexity index is 1250. The van der Waals surface area contributed by atoms with Gasteiger partial charge in [-0.3, -0.25) is 4.79 Å². The minimum Gasteiger partial charge on any atom is -0.495 e. The van der Waals surface area contributed by atoms with Crippen LogP contribution in [0.1, 0.15) is 24.1 Å². The molecule has 3 aromatic carbocycles. The van der Waals surface area contributed by atoms with Gasteiger partial charge >= 0.3 is 0 Å². The predicted octanol–water partition coefficient (Wildman–Crippen LogP) is 3.29. The number of hydrogen-bond donors (Lipinski definition) is 1. The maximum Gasteiger partial charge on any atom is 0.246 e. The Hall–Kier alpha value is -2.94. The summed E-state index contributed by atoms with van der Waals surface area (Å²) >= 11 is 0. The quantitative estimate of drug-likeness (QED) is 0.575. The van der Waals surface area contributed by atoms with E-state index in [0.717, 1.165) is 16.3 Å². The molecule has 0 bridgehead atoms. The fourth-order valence-corrected chi connectivity index (χ4v) is 5.76. The van der Waals surface area contributed by atoms with E-state index in [9.17, 15) is 13.2 Å². The second kappa shape index (κ2) is 9.91. The van der Waals surface area contributed by atoms with Crippen molar-refractivity contribution in [3.8, 4) is 5.75 Å². The molecule has 0 radical (unpaired) electrons. The van der Waals surface area contributed by atoms with Gasteiger partial charge in [0.2, 0.25) is 15.9 Å². The number of fused-ring (bicyclic) bond motifs is 1. The van der Waals surface area contributed by atoms with Crippen molar-refractivity contribution in [2.24, 2.45) is 0 Å². The number of methoxy groups -OCH3 is 1. The first-order valence-electron chi connectivity index (χ1n) is 10.9. The first kappa shape index (κ1) is 23.2. The predicted molar refractivity (Wildman–Crippen MR) is 127 cm³/mol. The van der Waals surface area contributed by atoms with Crippen LogP contribution in [0.4, 0.5) is 0 Å². The number of morpholine rings is 1. The molecule has 1 aliphatic rings. The maximum absolute atomic E-state index is 13.2. The molecule has 1 atom stereocenters. The molecule has 3 aromatic rings. The lowest BCUT2D eigenvalue weighted by Crippen LogP contribution is -2.40. The van der Waals surface area contributed by atoms with Gasteiger partial charge in [0.15, 0.2) is 0 Å². The van der Waals surface area contributed by atoms with Crippen LogP contribution in [-0.4, -0.2) is 52.0 Å². The molecule has 0 aromatic heterocycles. The molecule has 1 unspecified atom stereocenters. The normalized spacial score (nSPS) is 15.8. The van der Waals surface area contributed by atoms with Crippen LogP contribution in [0.25, 0.3) is 10.8 Å². The first-order valence-corrected chi connectivity index (χ1v) is 12.4. The summed E-state index contributed by atoms with van der Waals surface area (Å²) in [6.07, 6.45) is 0.0602. The van der Waals surface area contributed by atoms with E-state index in [1.54, 1.807) is 12.1 Å². The number of nitrogens with one attached hydrogen (secondary N) is 1. The van der Waals surface area contributed by atoms with E-state index < -0.39 is 10.0 Å². The average Bonchev–Trinajstić information content (AvgIpc) is 2.84. The molecule has 1 saturated heterocycles. The van der Waals surface area contributed by atoms with Crippen molar-refractivity contribution >= 4 is 26.7 Å². The van der Waals surface area contributed by atoms with E-state index >= 15 is 0 Å². The van der Waals surface area contributed by atoms with Gasteiger partial charge in [0.25, 0.3) is 0 Å². The number of carbonyl (C=O) groups excluding carboxylic acids is 1. The third kappa shape index (κ3) is 5.03. The van der Waals surface area contributed by atoms with E-state index in [1.807, 2.05) is 49.4 Å². The fourth-order valence-electron chi connectivity index (χ4n) is 4.14. The summed E-state index contributed by atoms with van der Waals surface area (Å²) in [6, 6.07) is 18.7.